The maximum Gasteiger partial charge on any atom is 0.306 e. The van der Waals surface area contributed by atoms with Crippen LogP contribution in [0.15, 0.2) is 0 Å². The Morgan fingerprint density at radius 3 is 1.94 bits per heavy atom. The fourth-order valence-electron chi connectivity index (χ4n) is 4.37. The molecule has 3 rings (SSSR count). The Balaban J connectivity index is 1.60. The molecule has 0 bridgehead atoms. The largest absolute Gasteiger partial charge is 0.463 e. The topological polar surface area (TPSA) is 122 Å². The molecule has 3 heterocycles. The normalized spacial score (nSPS) is 38.7. The number of hydrogen-bond donors (Lipinski definition) is 2. The third-order valence-corrected chi connectivity index (χ3v) is 6.13. The summed E-state index contributed by atoms with van der Waals surface area (Å²) in [5, 5.41) is 18.8. The fraction of sp³-hybridized carbons (Fsp3) is 0.957. The molecule has 6 atom stereocenters. The van der Waals surface area contributed by atoms with Gasteiger partial charge in [0.1, 0.15) is 31.0 Å². The van der Waals surface area contributed by atoms with Gasteiger partial charge in [-0.1, -0.05) is 0 Å². The van der Waals surface area contributed by atoms with Crippen molar-refractivity contribution in [2.45, 2.75) is 115 Å². The molecular formula is C23H40O10. The van der Waals surface area contributed by atoms with E-state index in [1.165, 1.54) is 0 Å². The standard InChI is InChI=1S/C23H40O10/c1-20(2,26)9-10-23(6)29-14-16(31-23)19-18(32-21(3,4)33-19)15-13-28-22(5,30-15)8-7-17(25)27-12-11-24/h15-16,18-19,24,26H,7-14H2,1-6H3. The van der Waals surface area contributed by atoms with E-state index in [2.05, 4.69) is 0 Å². The van der Waals surface area contributed by atoms with Gasteiger partial charge in [0.25, 0.3) is 0 Å². The molecule has 0 radical (unpaired) electrons. The van der Waals surface area contributed by atoms with Crippen molar-refractivity contribution in [3.63, 3.8) is 0 Å². The molecule has 3 saturated heterocycles. The van der Waals surface area contributed by atoms with Crippen LogP contribution in [0.4, 0.5) is 0 Å². The Labute approximate surface area is 195 Å². The minimum Gasteiger partial charge on any atom is -0.463 e. The maximum absolute atomic E-state index is 11.8. The minimum atomic E-state index is -0.961. The van der Waals surface area contributed by atoms with Gasteiger partial charge in [-0.2, -0.15) is 0 Å². The molecular weight excluding hydrogens is 436 g/mol. The van der Waals surface area contributed by atoms with Crippen molar-refractivity contribution in [1.29, 1.82) is 0 Å². The van der Waals surface area contributed by atoms with Crippen molar-refractivity contribution in [2.24, 2.45) is 0 Å². The highest BCUT2D eigenvalue weighted by atomic mass is 16.8. The first kappa shape index (κ1) is 26.7. The number of aliphatic hydroxyl groups is 2. The third-order valence-electron chi connectivity index (χ3n) is 6.13. The van der Waals surface area contributed by atoms with E-state index in [1.807, 2.05) is 20.8 Å². The molecule has 6 unspecified atom stereocenters. The van der Waals surface area contributed by atoms with Crippen molar-refractivity contribution in [3.8, 4) is 0 Å². The van der Waals surface area contributed by atoms with Gasteiger partial charge in [0.2, 0.25) is 0 Å². The summed E-state index contributed by atoms with van der Waals surface area (Å²) in [4.78, 5) is 11.8. The van der Waals surface area contributed by atoms with Crippen LogP contribution >= 0.6 is 0 Å². The lowest BCUT2D eigenvalue weighted by atomic mass is 9.99. The van der Waals surface area contributed by atoms with E-state index < -0.39 is 47.2 Å². The summed E-state index contributed by atoms with van der Waals surface area (Å²) in [5.74, 6) is -3.02. The summed E-state index contributed by atoms with van der Waals surface area (Å²) >= 11 is 0. The first-order valence-electron chi connectivity index (χ1n) is 11.7. The second-order valence-corrected chi connectivity index (χ2v) is 10.5. The number of rotatable bonds is 10. The maximum atomic E-state index is 11.8. The predicted molar refractivity (Wildman–Crippen MR) is 115 cm³/mol. The van der Waals surface area contributed by atoms with Gasteiger partial charge in [-0.05, 0) is 48.0 Å². The molecule has 3 aliphatic heterocycles. The highest BCUT2D eigenvalue weighted by Gasteiger charge is 2.55. The second kappa shape index (κ2) is 10.0. The molecule has 10 nitrogen and oxygen atoms in total. The average molecular weight is 477 g/mol. The summed E-state index contributed by atoms with van der Waals surface area (Å²) in [5.41, 5.74) is -0.810. The van der Waals surface area contributed by atoms with Crippen molar-refractivity contribution < 1.29 is 48.2 Å². The number of hydrogen-bond acceptors (Lipinski definition) is 10. The van der Waals surface area contributed by atoms with Crippen LogP contribution in [0.2, 0.25) is 0 Å². The van der Waals surface area contributed by atoms with Crippen LogP contribution in [-0.2, 0) is 38.0 Å². The van der Waals surface area contributed by atoms with Gasteiger partial charge in [0, 0.05) is 12.8 Å². The van der Waals surface area contributed by atoms with Gasteiger partial charge in [-0.25, -0.2) is 0 Å². The quantitative estimate of drug-likeness (QED) is 0.450. The Morgan fingerprint density at radius 2 is 1.45 bits per heavy atom. The minimum absolute atomic E-state index is 0.0257. The van der Waals surface area contributed by atoms with Crippen LogP contribution in [0, 0.1) is 0 Å². The first-order valence-corrected chi connectivity index (χ1v) is 11.7. The lowest BCUT2D eigenvalue weighted by Gasteiger charge is -2.30. The number of aliphatic hydroxyl groups excluding tert-OH is 1. The van der Waals surface area contributed by atoms with Crippen LogP contribution < -0.4 is 0 Å². The van der Waals surface area contributed by atoms with Gasteiger partial charge >= 0.3 is 5.97 Å². The Kier molecular flexibility index (Phi) is 8.13. The summed E-state index contributed by atoms with van der Waals surface area (Å²) in [6, 6.07) is 0. The second-order valence-electron chi connectivity index (χ2n) is 10.5. The lowest BCUT2D eigenvalue weighted by Crippen LogP contribution is -2.45. The number of carbonyl (C=O) groups excluding carboxylic acids is 1. The summed E-state index contributed by atoms with van der Waals surface area (Å²) < 4.78 is 41.6. The van der Waals surface area contributed by atoms with Crippen LogP contribution in [-0.4, -0.2) is 90.0 Å². The van der Waals surface area contributed by atoms with Crippen LogP contribution in [0.5, 0.6) is 0 Å². The van der Waals surface area contributed by atoms with Gasteiger partial charge in [-0.3, -0.25) is 4.79 Å². The van der Waals surface area contributed by atoms with Gasteiger partial charge in [0.05, 0.1) is 31.8 Å². The Morgan fingerprint density at radius 1 is 0.939 bits per heavy atom. The van der Waals surface area contributed by atoms with E-state index in [-0.39, 0.29) is 32.3 Å². The van der Waals surface area contributed by atoms with Gasteiger partial charge in [-0.15, -0.1) is 0 Å². The van der Waals surface area contributed by atoms with Crippen LogP contribution in [0.3, 0.4) is 0 Å². The SMILES string of the molecule is CC(C)(O)CCC1(C)OCC(C2OC(C)(C)OC2C2COC(C)(CCC(=O)OCCO)O2)O1. The zero-order valence-electron chi connectivity index (χ0n) is 20.6. The Bertz CT molecular complexity index is 677. The van der Waals surface area contributed by atoms with Gasteiger partial charge < -0.3 is 43.4 Å². The molecule has 0 aromatic heterocycles. The van der Waals surface area contributed by atoms with E-state index >= 15 is 0 Å². The molecule has 0 saturated carbocycles. The third kappa shape index (κ3) is 7.32. The van der Waals surface area contributed by atoms with Crippen molar-refractivity contribution in [3.05, 3.63) is 0 Å². The molecule has 0 amide bonds. The van der Waals surface area contributed by atoms with Gasteiger partial charge in [0.15, 0.2) is 17.4 Å². The molecule has 10 heteroatoms. The number of esters is 1. The van der Waals surface area contributed by atoms with Crippen molar-refractivity contribution >= 4 is 5.97 Å². The van der Waals surface area contributed by atoms with Crippen LogP contribution in [0.1, 0.15) is 67.2 Å². The van der Waals surface area contributed by atoms with Crippen LogP contribution in [0.25, 0.3) is 0 Å². The lowest BCUT2D eigenvalue weighted by molar-refractivity contribution is -0.188. The fourth-order valence-corrected chi connectivity index (χ4v) is 4.37. The summed E-state index contributed by atoms with van der Waals surface area (Å²) in [6.07, 6.45) is -0.168. The molecule has 0 spiro atoms. The molecule has 2 N–H and O–H groups in total. The Hall–Kier alpha value is -0.850. The first-order chi connectivity index (χ1) is 15.2. The van der Waals surface area contributed by atoms with E-state index in [9.17, 15) is 9.90 Å². The molecule has 3 aliphatic rings. The monoisotopic (exact) mass is 476 g/mol. The van der Waals surface area contributed by atoms with E-state index in [1.54, 1.807) is 20.8 Å². The van der Waals surface area contributed by atoms with E-state index in [4.69, 9.17) is 38.3 Å². The number of ether oxygens (including phenoxy) is 7. The molecule has 0 aromatic carbocycles. The van der Waals surface area contributed by atoms with E-state index in [0.29, 0.717) is 25.9 Å². The molecule has 33 heavy (non-hydrogen) atoms. The number of carbonyl (C=O) groups is 1. The highest BCUT2D eigenvalue weighted by Crippen LogP contribution is 2.41. The van der Waals surface area contributed by atoms with Crippen molar-refractivity contribution in [2.75, 3.05) is 26.4 Å². The average Bonchev–Trinajstić information content (AvgIpc) is 3.38. The molecule has 0 aromatic rings. The molecule has 0 aliphatic carbocycles. The predicted octanol–water partition coefficient (Wildman–Crippen LogP) is 1.64. The zero-order valence-corrected chi connectivity index (χ0v) is 20.6. The van der Waals surface area contributed by atoms with Crippen molar-refractivity contribution in [1.82, 2.24) is 0 Å². The smallest absolute Gasteiger partial charge is 0.306 e. The molecule has 3 fully saturated rings. The molecule has 192 valence electrons. The highest BCUT2D eigenvalue weighted by molar-refractivity contribution is 5.69. The van der Waals surface area contributed by atoms with E-state index in [0.717, 1.165) is 0 Å². The summed E-state index contributed by atoms with van der Waals surface area (Å²) in [6.45, 7) is 11.2. The summed E-state index contributed by atoms with van der Waals surface area (Å²) in [7, 11) is 0. The zero-order chi connectivity index (χ0) is 24.5.